The van der Waals surface area contributed by atoms with E-state index in [4.69, 9.17) is 15.2 Å². The Balaban J connectivity index is 3.47. The van der Waals surface area contributed by atoms with Gasteiger partial charge in [0.2, 0.25) is 5.82 Å². The van der Waals surface area contributed by atoms with Gasteiger partial charge in [0.05, 0.1) is 14.2 Å². The van der Waals surface area contributed by atoms with Crippen molar-refractivity contribution in [3.8, 4) is 11.5 Å². The molecule has 1 aromatic carbocycles. The van der Waals surface area contributed by atoms with Gasteiger partial charge < -0.3 is 15.2 Å². The minimum atomic E-state index is -1.07. The van der Waals surface area contributed by atoms with Crippen molar-refractivity contribution in [1.82, 2.24) is 0 Å². The Morgan fingerprint density at radius 1 is 1.20 bits per heavy atom. The number of methoxy groups -OCH3 is 2. The normalized spacial score (nSPS) is 12.4. The molecular formula is C10H13F2NO2. The van der Waals surface area contributed by atoms with Crippen molar-refractivity contribution in [3.05, 3.63) is 23.3 Å². The van der Waals surface area contributed by atoms with Crippen LogP contribution in [0.15, 0.2) is 6.07 Å². The Morgan fingerprint density at radius 2 is 1.73 bits per heavy atom. The quantitative estimate of drug-likeness (QED) is 0.842. The van der Waals surface area contributed by atoms with Gasteiger partial charge in [-0.05, 0) is 13.0 Å². The molecule has 0 aliphatic rings. The first-order valence-electron chi connectivity index (χ1n) is 4.38. The number of halogens is 2. The van der Waals surface area contributed by atoms with Crippen LogP contribution in [-0.4, -0.2) is 14.2 Å². The molecule has 0 heterocycles. The van der Waals surface area contributed by atoms with Gasteiger partial charge in [-0.1, -0.05) is 0 Å². The third kappa shape index (κ3) is 2.02. The van der Waals surface area contributed by atoms with Crippen molar-refractivity contribution in [1.29, 1.82) is 0 Å². The molecule has 1 unspecified atom stereocenters. The van der Waals surface area contributed by atoms with Gasteiger partial charge in [-0.15, -0.1) is 0 Å². The molecule has 0 spiro atoms. The number of rotatable bonds is 3. The van der Waals surface area contributed by atoms with E-state index in [-0.39, 0.29) is 11.5 Å². The molecule has 0 amide bonds. The molecule has 1 aromatic rings. The highest BCUT2D eigenvalue weighted by molar-refractivity contribution is 5.49. The molecule has 0 saturated carbocycles. The van der Waals surface area contributed by atoms with Gasteiger partial charge in [-0.3, -0.25) is 0 Å². The van der Waals surface area contributed by atoms with Gasteiger partial charge in [0.15, 0.2) is 17.3 Å². The van der Waals surface area contributed by atoms with Crippen molar-refractivity contribution in [2.24, 2.45) is 5.73 Å². The fraction of sp³-hybridized carbons (Fsp3) is 0.400. The molecule has 1 rings (SSSR count). The molecule has 2 N–H and O–H groups in total. The van der Waals surface area contributed by atoms with E-state index in [9.17, 15) is 8.78 Å². The number of benzene rings is 1. The maximum Gasteiger partial charge on any atom is 0.204 e. The summed E-state index contributed by atoms with van der Waals surface area (Å²) in [4.78, 5) is 0. The van der Waals surface area contributed by atoms with E-state index < -0.39 is 17.7 Å². The summed E-state index contributed by atoms with van der Waals surface area (Å²) in [7, 11) is 2.59. The van der Waals surface area contributed by atoms with E-state index >= 15 is 0 Å². The lowest BCUT2D eigenvalue weighted by Gasteiger charge is -2.16. The minimum absolute atomic E-state index is 0.131. The molecule has 3 nitrogen and oxygen atoms in total. The SMILES string of the molecule is COc1c(C(C)N)cc(F)c(F)c1OC. The highest BCUT2D eigenvalue weighted by atomic mass is 19.2. The largest absolute Gasteiger partial charge is 0.492 e. The fourth-order valence-electron chi connectivity index (χ4n) is 1.34. The third-order valence-electron chi connectivity index (χ3n) is 2.06. The van der Waals surface area contributed by atoms with Gasteiger partial charge in [-0.25, -0.2) is 4.39 Å². The van der Waals surface area contributed by atoms with Crippen molar-refractivity contribution in [2.75, 3.05) is 14.2 Å². The predicted molar refractivity (Wildman–Crippen MR) is 52.1 cm³/mol. The maximum atomic E-state index is 13.3. The Hall–Kier alpha value is -1.36. The molecular weight excluding hydrogens is 204 g/mol. The third-order valence-corrected chi connectivity index (χ3v) is 2.06. The van der Waals surface area contributed by atoms with Crippen LogP contribution in [0.2, 0.25) is 0 Å². The second-order valence-electron chi connectivity index (χ2n) is 3.12. The Bertz CT molecular complexity index is 367. The first kappa shape index (κ1) is 11.7. The van der Waals surface area contributed by atoms with E-state index in [1.54, 1.807) is 6.92 Å². The van der Waals surface area contributed by atoms with Gasteiger partial charge in [0.25, 0.3) is 0 Å². The van der Waals surface area contributed by atoms with Crippen LogP contribution in [0.1, 0.15) is 18.5 Å². The zero-order chi connectivity index (χ0) is 11.6. The standard InChI is InChI=1S/C10H13F2NO2/c1-5(13)6-4-7(11)8(12)10(15-3)9(6)14-2/h4-5H,13H2,1-3H3. The predicted octanol–water partition coefficient (Wildman–Crippen LogP) is 2.00. The molecule has 0 bridgehead atoms. The van der Waals surface area contributed by atoms with Crippen LogP contribution in [0.25, 0.3) is 0 Å². The Kier molecular flexibility index (Phi) is 3.47. The summed E-state index contributed by atoms with van der Waals surface area (Å²) in [6, 6.07) is 0.547. The summed E-state index contributed by atoms with van der Waals surface area (Å²) >= 11 is 0. The number of hydrogen-bond acceptors (Lipinski definition) is 3. The fourth-order valence-corrected chi connectivity index (χ4v) is 1.34. The van der Waals surface area contributed by atoms with Gasteiger partial charge in [-0.2, -0.15) is 4.39 Å². The smallest absolute Gasteiger partial charge is 0.204 e. The van der Waals surface area contributed by atoms with Crippen LogP contribution in [-0.2, 0) is 0 Å². The topological polar surface area (TPSA) is 44.5 Å². The average Bonchev–Trinajstić information content (AvgIpc) is 2.20. The van der Waals surface area contributed by atoms with Gasteiger partial charge in [0, 0.05) is 11.6 Å². The monoisotopic (exact) mass is 217 g/mol. The lowest BCUT2D eigenvalue weighted by atomic mass is 10.1. The van der Waals surface area contributed by atoms with Crippen molar-refractivity contribution in [2.45, 2.75) is 13.0 Å². The van der Waals surface area contributed by atoms with Crippen molar-refractivity contribution < 1.29 is 18.3 Å². The lowest BCUT2D eigenvalue weighted by Crippen LogP contribution is -2.10. The number of ether oxygens (including phenoxy) is 2. The van der Waals surface area contributed by atoms with E-state index in [0.717, 1.165) is 6.07 Å². The lowest BCUT2D eigenvalue weighted by molar-refractivity contribution is 0.324. The molecule has 0 aliphatic heterocycles. The van der Waals surface area contributed by atoms with Crippen molar-refractivity contribution >= 4 is 0 Å². The van der Waals surface area contributed by atoms with Crippen LogP contribution in [0.4, 0.5) is 8.78 Å². The van der Waals surface area contributed by atoms with Gasteiger partial charge >= 0.3 is 0 Å². The molecule has 0 saturated heterocycles. The van der Waals surface area contributed by atoms with Crippen LogP contribution in [0, 0.1) is 11.6 Å². The summed E-state index contributed by atoms with van der Waals surface area (Å²) in [5, 5.41) is 0. The molecule has 1 atom stereocenters. The summed E-state index contributed by atoms with van der Waals surface area (Å²) in [6.07, 6.45) is 0. The minimum Gasteiger partial charge on any atom is -0.492 e. The molecule has 0 fully saturated rings. The zero-order valence-electron chi connectivity index (χ0n) is 8.80. The molecule has 84 valence electrons. The van der Waals surface area contributed by atoms with Crippen LogP contribution < -0.4 is 15.2 Å². The molecule has 0 aliphatic carbocycles. The Labute approximate surface area is 86.8 Å². The second kappa shape index (κ2) is 4.44. The first-order chi connectivity index (χ1) is 7.02. The van der Waals surface area contributed by atoms with Gasteiger partial charge in [0.1, 0.15) is 0 Å². The Morgan fingerprint density at radius 3 is 2.13 bits per heavy atom. The highest BCUT2D eigenvalue weighted by Gasteiger charge is 2.21. The van der Waals surface area contributed by atoms with Crippen LogP contribution in [0.3, 0.4) is 0 Å². The summed E-state index contributed by atoms with van der Waals surface area (Å²) in [6.45, 7) is 1.65. The summed E-state index contributed by atoms with van der Waals surface area (Å²) in [5.74, 6) is -2.20. The van der Waals surface area contributed by atoms with Crippen LogP contribution >= 0.6 is 0 Å². The maximum absolute atomic E-state index is 13.3. The summed E-state index contributed by atoms with van der Waals surface area (Å²) < 4.78 is 36.1. The molecule has 5 heteroatoms. The van der Waals surface area contributed by atoms with E-state index in [1.807, 2.05) is 0 Å². The molecule has 0 aromatic heterocycles. The number of nitrogens with two attached hydrogens (primary N) is 1. The van der Waals surface area contributed by atoms with E-state index in [1.165, 1.54) is 14.2 Å². The molecule has 0 radical (unpaired) electrons. The average molecular weight is 217 g/mol. The number of hydrogen-bond donors (Lipinski definition) is 1. The van der Waals surface area contributed by atoms with E-state index in [2.05, 4.69) is 0 Å². The first-order valence-corrected chi connectivity index (χ1v) is 4.38. The zero-order valence-corrected chi connectivity index (χ0v) is 8.80. The summed E-state index contributed by atoms with van der Waals surface area (Å²) in [5.41, 5.74) is 5.98. The van der Waals surface area contributed by atoms with E-state index in [0.29, 0.717) is 5.56 Å². The van der Waals surface area contributed by atoms with Crippen LogP contribution in [0.5, 0.6) is 11.5 Å². The highest BCUT2D eigenvalue weighted by Crippen LogP contribution is 2.37. The second-order valence-corrected chi connectivity index (χ2v) is 3.12. The molecule has 15 heavy (non-hydrogen) atoms. The van der Waals surface area contributed by atoms with Crippen molar-refractivity contribution in [3.63, 3.8) is 0 Å².